The van der Waals surface area contributed by atoms with Crippen molar-refractivity contribution in [3.05, 3.63) is 58.3 Å². The summed E-state index contributed by atoms with van der Waals surface area (Å²) in [7, 11) is 0. The van der Waals surface area contributed by atoms with Crippen molar-refractivity contribution in [3.8, 4) is 0 Å². The molecule has 0 aliphatic heterocycles. The number of esters is 1. The van der Waals surface area contributed by atoms with Crippen molar-refractivity contribution in [3.63, 3.8) is 0 Å². The zero-order chi connectivity index (χ0) is 15.2. The minimum atomic E-state index is -0.586. The maximum Gasteiger partial charge on any atom is 0.333 e. The van der Waals surface area contributed by atoms with Gasteiger partial charge in [0.25, 0.3) is 0 Å². The number of aromatic nitrogens is 1. The van der Waals surface area contributed by atoms with Crippen LogP contribution in [0.4, 0.5) is 5.69 Å². The fraction of sp³-hybridized carbons (Fsp3) is 0.250. The summed E-state index contributed by atoms with van der Waals surface area (Å²) in [5.41, 5.74) is 2.63. The number of anilines is 1. The monoisotopic (exact) mass is 348 g/mol. The van der Waals surface area contributed by atoms with Gasteiger partial charge in [-0.3, -0.25) is 4.98 Å². The Kier molecular flexibility index (Phi) is 5.33. The summed E-state index contributed by atoms with van der Waals surface area (Å²) in [6.45, 7) is 4.08. The second-order valence-corrected chi connectivity index (χ2v) is 5.40. The Balaban J connectivity index is 2.36. The van der Waals surface area contributed by atoms with Gasteiger partial charge in [0.2, 0.25) is 0 Å². The Morgan fingerprint density at radius 2 is 2.14 bits per heavy atom. The van der Waals surface area contributed by atoms with Crippen LogP contribution in [0.1, 0.15) is 24.1 Å². The first-order chi connectivity index (χ1) is 10.1. The molecule has 1 atom stereocenters. The molecule has 4 nitrogen and oxygen atoms in total. The fourth-order valence-corrected chi connectivity index (χ4v) is 2.40. The van der Waals surface area contributed by atoms with E-state index >= 15 is 0 Å². The zero-order valence-electron chi connectivity index (χ0n) is 12.0. The standard InChI is InChI=1S/C16H17BrN2O2/c1-3-21-16(20)15(12-10-18-9-8-11(12)2)19-14-7-5-4-6-13(14)17/h4-10,15,19H,3H2,1-2H3. The number of ether oxygens (including phenoxy) is 1. The van der Waals surface area contributed by atoms with Crippen LogP contribution in [-0.4, -0.2) is 17.6 Å². The van der Waals surface area contributed by atoms with Crippen LogP contribution in [0, 0.1) is 6.92 Å². The molecule has 0 spiro atoms. The number of carbonyl (C=O) groups is 1. The van der Waals surface area contributed by atoms with Gasteiger partial charge in [0.15, 0.2) is 6.04 Å². The third-order valence-corrected chi connectivity index (χ3v) is 3.78. The number of hydrogen-bond donors (Lipinski definition) is 1. The molecule has 21 heavy (non-hydrogen) atoms. The first-order valence-corrected chi connectivity index (χ1v) is 7.51. The maximum atomic E-state index is 12.3. The van der Waals surface area contributed by atoms with Crippen molar-refractivity contribution in [1.82, 2.24) is 4.98 Å². The van der Waals surface area contributed by atoms with Gasteiger partial charge in [-0.25, -0.2) is 4.79 Å². The van der Waals surface area contributed by atoms with Crippen LogP contribution in [0.2, 0.25) is 0 Å². The number of nitrogens with one attached hydrogen (secondary N) is 1. The summed E-state index contributed by atoms with van der Waals surface area (Å²) in [5, 5.41) is 3.23. The topological polar surface area (TPSA) is 51.2 Å². The molecule has 2 rings (SSSR count). The largest absolute Gasteiger partial charge is 0.464 e. The summed E-state index contributed by atoms with van der Waals surface area (Å²) in [6, 6.07) is 8.94. The van der Waals surface area contributed by atoms with Crippen molar-refractivity contribution in [1.29, 1.82) is 0 Å². The molecule has 0 saturated carbocycles. The Morgan fingerprint density at radius 1 is 1.38 bits per heavy atom. The van der Waals surface area contributed by atoms with Crippen LogP contribution < -0.4 is 5.32 Å². The highest BCUT2D eigenvalue weighted by Crippen LogP contribution is 2.28. The van der Waals surface area contributed by atoms with E-state index in [1.807, 2.05) is 37.3 Å². The highest BCUT2D eigenvalue weighted by molar-refractivity contribution is 9.10. The van der Waals surface area contributed by atoms with Crippen molar-refractivity contribution >= 4 is 27.6 Å². The van der Waals surface area contributed by atoms with E-state index in [4.69, 9.17) is 4.74 Å². The Morgan fingerprint density at radius 3 is 2.81 bits per heavy atom. The van der Waals surface area contributed by atoms with Crippen LogP contribution in [0.15, 0.2) is 47.2 Å². The van der Waals surface area contributed by atoms with E-state index in [0.717, 1.165) is 21.3 Å². The van der Waals surface area contributed by atoms with Crippen molar-refractivity contribution in [2.75, 3.05) is 11.9 Å². The van der Waals surface area contributed by atoms with E-state index in [0.29, 0.717) is 6.61 Å². The number of rotatable bonds is 5. The molecule has 0 amide bonds. The zero-order valence-corrected chi connectivity index (χ0v) is 13.6. The Hall–Kier alpha value is -1.88. The molecule has 1 aromatic heterocycles. The summed E-state index contributed by atoms with van der Waals surface area (Å²) in [4.78, 5) is 16.4. The van der Waals surface area contributed by atoms with Gasteiger partial charge in [0.1, 0.15) is 0 Å². The molecule has 0 aliphatic carbocycles. The van der Waals surface area contributed by atoms with Gasteiger partial charge in [0, 0.05) is 28.1 Å². The summed E-state index contributed by atoms with van der Waals surface area (Å²) in [6.07, 6.45) is 3.40. The summed E-state index contributed by atoms with van der Waals surface area (Å²) < 4.78 is 6.07. The maximum absolute atomic E-state index is 12.3. The van der Waals surface area contributed by atoms with E-state index in [1.54, 1.807) is 19.3 Å². The average molecular weight is 349 g/mol. The van der Waals surface area contributed by atoms with Crippen LogP contribution in [-0.2, 0) is 9.53 Å². The van der Waals surface area contributed by atoms with Crippen LogP contribution in [0.25, 0.3) is 0 Å². The van der Waals surface area contributed by atoms with Crippen LogP contribution >= 0.6 is 15.9 Å². The van der Waals surface area contributed by atoms with Gasteiger partial charge in [-0.2, -0.15) is 0 Å². The van der Waals surface area contributed by atoms with Crippen molar-refractivity contribution in [2.45, 2.75) is 19.9 Å². The van der Waals surface area contributed by atoms with Gasteiger partial charge in [0.05, 0.1) is 6.61 Å². The van der Waals surface area contributed by atoms with Gasteiger partial charge < -0.3 is 10.1 Å². The number of nitrogens with zero attached hydrogens (tertiary/aromatic N) is 1. The minimum absolute atomic E-state index is 0.315. The molecule has 0 aliphatic rings. The van der Waals surface area contributed by atoms with Crippen LogP contribution in [0.3, 0.4) is 0 Å². The van der Waals surface area contributed by atoms with Gasteiger partial charge in [-0.15, -0.1) is 0 Å². The summed E-state index contributed by atoms with van der Waals surface area (Å²) in [5.74, 6) is -0.315. The molecule has 0 radical (unpaired) electrons. The van der Waals surface area contributed by atoms with Crippen molar-refractivity contribution in [2.24, 2.45) is 0 Å². The molecular formula is C16H17BrN2O2. The quantitative estimate of drug-likeness (QED) is 0.833. The molecule has 0 fully saturated rings. The molecule has 0 bridgehead atoms. The molecule has 1 aromatic carbocycles. The lowest BCUT2D eigenvalue weighted by molar-refractivity contribution is -0.144. The molecule has 1 unspecified atom stereocenters. The van der Waals surface area contributed by atoms with Gasteiger partial charge in [-0.1, -0.05) is 12.1 Å². The lowest BCUT2D eigenvalue weighted by Crippen LogP contribution is -2.24. The highest BCUT2D eigenvalue weighted by Gasteiger charge is 2.24. The summed E-state index contributed by atoms with van der Waals surface area (Å²) >= 11 is 3.47. The third-order valence-electron chi connectivity index (χ3n) is 3.09. The first kappa shape index (κ1) is 15.5. The second-order valence-electron chi connectivity index (χ2n) is 4.54. The third kappa shape index (κ3) is 3.82. The number of aryl methyl sites for hydroxylation is 1. The second kappa shape index (κ2) is 7.22. The van der Waals surface area contributed by atoms with E-state index in [2.05, 4.69) is 26.2 Å². The van der Waals surface area contributed by atoms with Gasteiger partial charge in [-0.05, 0) is 53.5 Å². The number of pyridine rings is 1. The number of carbonyl (C=O) groups excluding carboxylic acids is 1. The molecule has 5 heteroatoms. The van der Waals surface area contributed by atoms with Crippen molar-refractivity contribution < 1.29 is 9.53 Å². The van der Waals surface area contributed by atoms with E-state index in [1.165, 1.54) is 0 Å². The Bertz CT molecular complexity index is 631. The number of halogens is 1. The SMILES string of the molecule is CCOC(=O)C(Nc1ccccc1Br)c1cnccc1C. The predicted molar refractivity (Wildman–Crippen MR) is 86.1 cm³/mol. The molecule has 110 valence electrons. The fourth-order valence-electron chi connectivity index (χ4n) is 2.00. The van der Waals surface area contributed by atoms with E-state index in [9.17, 15) is 4.79 Å². The van der Waals surface area contributed by atoms with Gasteiger partial charge >= 0.3 is 5.97 Å². The van der Waals surface area contributed by atoms with E-state index in [-0.39, 0.29) is 5.97 Å². The molecule has 1 N–H and O–H groups in total. The number of para-hydroxylation sites is 1. The molecular weight excluding hydrogens is 332 g/mol. The normalized spacial score (nSPS) is 11.8. The lowest BCUT2D eigenvalue weighted by atomic mass is 10.0. The average Bonchev–Trinajstić information content (AvgIpc) is 2.48. The number of hydrogen-bond acceptors (Lipinski definition) is 4. The lowest BCUT2D eigenvalue weighted by Gasteiger charge is -2.20. The molecule has 1 heterocycles. The molecule has 2 aromatic rings. The highest BCUT2D eigenvalue weighted by atomic mass is 79.9. The predicted octanol–water partition coefficient (Wildman–Crippen LogP) is 3.87. The minimum Gasteiger partial charge on any atom is -0.464 e. The first-order valence-electron chi connectivity index (χ1n) is 6.71. The smallest absolute Gasteiger partial charge is 0.333 e. The number of benzene rings is 1. The van der Waals surface area contributed by atoms with Crippen LogP contribution in [0.5, 0.6) is 0 Å². The Labute approximate surface area is 132 Å². The molecule has 0 saturated heterocycles. The van der Waals surface area contributed by atoms with E-state index < -0.39 is 6.04 Å².